The van der Waals surface area contributed by atoms with Crippen LogP contribution in [0.5, 0.6) is 11.5 Å². The zero-order valence-corrected chi connectivity index (χ0v) is 20.6. The summed E-state index contributed by atoms with van der Waals surface area (Å²) in [6, 6.07) is 10.9. The number of esters is 1. The van der Waals surface area contributed by atoms with Crippen LogP contribution in [0.4, 0.5) is 4.39 Å². The Balaban J connectivity index is 1.37. The van der Waals surface area contributed by atoms with Crippen LogP contribution in [0.1, 0.15) is 37.4 Å². The first-order valence-electron chi connectivity index (χ1n) is 11.5. The van der Waals surface area contributed by atoms with Gasteiger partial charge in [-0.3, -0.25) is 4.79 Å². The highest BCUT2D eigenvalue weighted by Gasteiger charge is 2.41. The van der Waals surface area contributed by atoms with Crippen LogP contribution < -0.4 is 14.8 Å². The molecule has 0 aromatic heterocycles. The van der Waals surface area contributed by atoms with Crippen molar-refractivity contribution in [3.8, 4) is 11.5 Å². The monoisotopic (exact) mass is 509 g/mol. The molecule has 1 atom stereocenters. The van der Waals surface area contributed by atoms with E-state index in [1.54, 1.807) is 26.0 Å². The standard InChI is InChI=1S/C26H24FN3O5S/c1-3-33-25(32)23-15(2)29-26-30(24(23)17-5-4-6-18(27)10-17)19(13-36-26)11-22(31)28-12-16-7-8-20-21(9-16)35-14-34-20/h4-10,13,24H,3,11-12,14H2,1-2H3,(H,28,31). The molecule has 36 heavy (non-hydrogen) atoms. The number of amides is 1. The van der Waals surface area contributed by atoms with Crippen LogP contribution in [0.25, 0.3) is 0 Å². The van der Waals surface area contributed by atoms with E-state index in [0.717, 1.165) is 5.56 Å². The second-order valence-corrected chi connectivity index (χ2v) is 9.15. The number of carbonyl (C=O) groups is 2. The van der Waals surface area contributed by atoms with E-state index in [-0.39, 0.29) is 25.7 Å². The van der Waals surface area contributed by atoms with Crippen molar-refractivity contribution in [3.05, 3.63) is 81.8 Å². The molecule has 0 radical (unpaired) electrons. The molecule has 1 amide bonds. The number of ether oxygens (including phenoxy) is 3. The average Bonchev–Trinajstić information content (AvgIpc) is 3.48. The predicted molar refractivity (Wildman–Crippen MR) is 132 cm³/mol. The molecule has 0 saturated carbocycles. The molecule has 2 aromatic rings. The first-order valence-corrected chi connectivity index (χ1v) is 12.3. The normalized spacial score (nSPS) is 18.0. The second-order valence-electron chi connectivity index (χ2n) is 8.31. The zero-order chi connectivity index (χ0) is 25.2. The molecule has 0 bridgehead atoms. The summed E-state index contributed by atoms with van der Waals surface area (Å²) in [6.45, 7) is 4.16. The van der Waals surface area contributed by atoms with Crippen molar-refractivity contribution in [2.24, 2.45) is 4.99 Å². The number of nitrogens with zero attached hydrogens (tertiary/aromatic N) is 2. The summed E-state index contributed by atoms with van der Waals surface area (Å²) < 4.78 is 30.2. The molecule has 3 aliphatic rings. The third-order valence-corrected chi connectivity index (χ3v) is 6.82. The lowest BCUT2D eigenvalue weighted by molar-refractivity contribution is -0.139. The molecule has 1 unspecified atom stereocenters. The molecule has 0 saturated heterocycles. The van der Waals surface area contributed by atoms with Crippen LogP contribution in [0.2, 0.25) is 0 Å². The molecule has 3 heterocycles. The van der Waals surface area contributed by atoms with E-state index in [1.807, 2.05) is 28.5 Å². The van der Waals surface area contributed by atoms with Crippen LogP contribution in [0.15, 0.2) is 69.8 Å². The molecular formula is C26H24FN3O5S. The van der Waals surface area contributed by atoms with E-state index in [0.29, 0.717) is 45.7 Å². The summed E-state index contributed by atoms with van der Waals surface area (Å²) in [7, 11) is 0. The van der Waals surface area contributed by atoms with Gasteiger partial charge in [-0.2, -0.15) is 0 Å². The minimum absolute atomic E-state index is 0.0531. The number of halogens is 1. The number of rotatable bonds is 7. The molecule has 0 spiro atoms. The Morgan fingerprint density at radius 2 is 2.06 bits per heavy atom. The van der Waals surface area contributed by atoms with E-state index >= 15 is 0 Å². The number of benzene rings is 2. The number of nitrogens with one attached hydrogen (secondary N) is 1. The summed E-state index contributed by atoms with van der Waals surface area (Å²) in [5, 5.41) is 5.38. The number of fused-ring (bicyclic) bond motifs is 2. The molecule has 3 aliphatic heterocycles. The lowest BCUT2D eigenvalue weighted by Gasteiger charge is -2.36. The zero-order valence-electron chi connectivity index (χ0n) is 19.7. The number of thioether (sulfide) groups is 1. The first-order chi connectivity index (χ1) is 17.4. The molecule has 0 aliphatic carbocycles. The maximum absolute atomic E-state index is 14.2. The predicted octanol–water partition coefficient (Wildman–Crippen LogP) is 4.40. The van der Waals surface area contributed by atoms with Gasteiger partial charge in [-0.25, -0.2) is 14.2 Å². The summed E-state index contributed by atoms with van der Waals surface area (Å²) in [4.78, 5) is 32.3. The molecule has 5 rings (SSSR count). The van der Waals surface area contributed by atoms with Crippen LogP contribution in [-0.2, 0) is 20.9 Å². The minimum Gasteiger partial charge on any atom is -0.463 e. The van der Waals surface area contributed by atoms with Crippen LogP contribution in [0, 0.1) is 5.82 Å². The van der Waals surface area contributed by atoms with Gasteiger partial charge in [0.2, 0.25) is 12.7 Å². The molecule has 8 nitrogen and oxygen atoms in total. The number of carbonyl (C=O) groups excluding carboxylic acids is 2. The number of aliphatic imine (C=N–C) groups is 1. The third kappa shape index (κ3) is 4.68. The van der Waals surface area contributed by atoms with E-state index in [4.69, 9.17) is 14.2 Å². The maximum Gasteiger partial charge on any atom is 0.338 e. The maximum atomic E-state index is 14.2. The number of hydrogen-bond donors (Lipinski definition) is 1. The van der Waals surface area contributed by atoms with Crippen molar-refractivity contribution in [1.29, 1.82) is 0 Å². The highest BCUT2D eigenvalue weighted by molar-refractivity contribution is 8.16. The molecule has 10 heteroatoms. The summed E-state index contributed by atoms with van der Waals surface area (Å²) in [5.41, 5.74) is 2.93. The van der Waals surface area contributed by atoms with E-state index < -0.39 is 17.8 Å². The van der Waals surface area contributed by atoms with Gasteiger partial charge in [0.05, 0.1) is 30.3 Å². The van der Waals surface area contributed by atoms with Crippen LogP contribution in [-0.4, -0.2) is 35.3 Å². The van der Waals surface area contributed by atoms with Gasteiger partial charge in [-0.15, -0.1) is 0 Å². The smallest absolute Gasteiger partial charge is 0.338 e. The lowest BCUT2D eigenvalue weighted by atomic mass is 9.93. The van der Waals surface area contributed by atoms with Gasteiger partial charge in [0.15, 0.2) is 16.7 Å². The molecule has 186 valence electrons. The number of hydrogen-bond acceptors (Lipinski definition) is 8. The van der Waals surface area contributed by atoms with E-state index in [1.165, 1.54) is 23.9 Å². The Hall–Kier alpha value is -3.79. The van der Waals surface area contributed by atoms with Crippen molar-refractivity contribution in [2.75, 3.05) is 13.4 Å². The van der Waals surface area contributed by atoms with Crippen LogP contribution in [0.3, 0.4) is 0 Å². The Bertz CT molecular complexity index is 1320. The van der Waals surface area contributed by atoms with E-state index in [9.17, 15) is 14.0 Å². The van der Waals surface area contributed by atoms with Crippen molar-refractivity contribution in [3.63, 3.8) is 0 Å². The highest BCUT2D eigenvalue weighted by atomic mass is 32.2. The van der Waals surface area contributed by atoms with Gasteiger partial charge >= 0.3 is 5.97 Å². The number of allylic oxidation sites excluding steroid dienone is 1. The topological polar surface area (TPSA) is 89.5 Å². The SMILES string of the molecule is CCOC(=O)C1=C(C)N=C2SC=C(CC(=O)NCc3ccc4c(c3)OCO4)N2C1c1cccc(F)c1. The number of amidine groups is 1. The Kier molecular flexibility index (Phi) is 6.69. The largest absolute Gasteiger partial charge is 0.463 e. The molecule has 2 aromatic carbocycles. The summed E-state index contributed by atoms with van der Waals surface area (Å²) >= 11 is 1.36. The van der Waals surface area contributed by atoms with Gasteiger partial charge in [0.1, 0.15) is 5.82 Å². The third-order valence-electron chi connectivity index (χ3n) is 5.93. The molecule has 1 N–H and O–H groups in total. The summed E-state index contributed by atoms with van der Waals surface area (Å²) in [5.74, 6) is 0.186. The van der Waals surface area contributed by atoms with Gasteiger partial charge in [0.25, 0.3) is 0 Å². The van der Waals surface area contributed by atoms with Gasteiger partial charge in [-0.1, -0.05) is 30.0 Å². The fourth-order valence-electron chi connectivity index (χ4n) is 4.31. The quantitative estimate of drug-likeness (QED) is 0.554. The van der Waals surface area contributed by atoms with Crippen molar-refractivity contribution >= 4 is 28.8 Å². The molecular weight excluding hydrogens is 485 g/mol. The Labute approximate surface area is 211 Å². The lowest BCUT2D eigenvalue weighted by Crippen LogP contribution is -2.38. The van der Waals surface area contributed by atoms with Gasteiger partial charge in [0, 0.05) is 12.2 Å². The van der Waals surface area contributed by atoms with Crippen LogP contribution >= 0.6 is 11.8 Å². The minimum atomic E-state index is -0.671. The van der Waals surface area contributed by atoms with Crippen molar-refractivity contribution in [2.45, 2.75) is 32.9 Å². The van der Waals surface area contributed by atoms with Gasteiger partial charge < -0.3 is 24.4 Å². The first kappa shape index (κ1) is 23.9. The Morgan fingerprint density at radius 3 is 2.86 bits per heavy atom. The van der Waals surface area contributed by atoms with Crippen molar-refractivity contribution in [1.82, 2.24) is 10.2 Å². The highest BCUT2D eigenvalue weighted by Crippen LogP contribution is 2.45. The van der Waals surface area contributed by atoms with Gasteiger partial charge in [-0.05, 0) is 54.6 Å². The second kappa shape index (κ2) is 10.1. The molecule has 0 fully saturated rings. The fraction of sp³-hybridized carbons (Fsp3) is 0.269. The Morgan fingerprint density at radius 1 is 1.22 bits per heavy atom. The van der Waals surface area contributed by atoms with Crippen molar-refractivity contribution < 1.29 is 28.2 Å². The van der Waals surface area contributed by atoms with E-state index in [2.05, 4.69) is 10.3 Å². The average molecular weight is 510 g/mol. The fourth-order valence-corrected chi connectivity index (χ4v) is 5.27. The summed E-state index contributed by atoms with van der Waals surface area (Å²) in [6.07, 6.45) is 0.0531.